The lowest BCUT2D eigenvalue weighted by Crippen LogP contribution is -2.21. The highest BCUT2D eigenvalue weighted by Gasteiger charge is 2.31. The van der Waals surface area contributed by atoms with Crippen molar-refractivity contribution >= 4 is 39.9 Å². The highest BCUT2D eigenvalue weighted by molar-refractivity contribution is 14.1. The van der Waals surface area contributed by atoms with Crippen LogP contribution in [0.25, 0.3) is 0 Å². The van der Waals surface area contributed by atoms with Gasteiger partial charge in [0.2, 0.25) is 0 Å². The molecule has 0 unspecified atom stereocenters. The van der Waals surface area contributed by atoms with Crippen LogP contribution in [0.4, 0.5) is 0 Å². The molecule has 0 bridgehead atoms. The number of hydrogen-bond acceptors (Lipinski definition) is 2. The summed E-state index contributed by atoms with van der Waals surface area (Å²) in [4.78, 5) is 12.4. The first-order valence-electron chi connectivity index (χ1n) is 4.94. The van der Waals surface area contributed by atoms with Gasteiger partial charge in [-0.2, -0.15) is 0 Å². The third kappa shape index (κ3) is 2.06. The van der Waals surface area contributed by atoms with E-state index in [0.29, 0.717) is 11.0 Å². The molecule has 1 aliphatic carbocycles. The van der Waals surface area contributed by atoms with Crippen LogP contribution in [-0.4, -0.2) is 11.1 Å². The van der Waals surface area contributed by atoms with Gasteiger partial charge in [-0.25, -0.2) is 4.79 Å². The van der Waals surface area contributed by atoms with E-state index in [-0.39, 0.29) is 0 Å². The van der Waals surface area contributed by atoms with Crippen LogP contribution >= 0.6 is 33.9 Å². The van der Waals surface area contributed by atoms with Crippen LogP contribution < -0.4 is 0 Å². The molecule has 0 aliphatic heterocycles. The first kappa shape index (κ1) is 11.4. The Morgan fingerprint density at radius 3 is 2.80 bits per heavy atom. The van der Waals surface area contributed by atoms with E-state index in [2.05, 4.69) is 36.4 Å². The lowest BCUT2D eigenvalue weighted by atomic mass is 9.77. The fourth-order valence-corrected chi connectivity index (χ4v) is 4.76. The summed E-state index contributed by atoms with van der Waals surface area (Å²) in [5.74, 6) is -0.767. The molecular weight excluding hydrogens is 323 g/mol. The van der Waals surface area contributed by atoms with E-state index in [1.807, 2.05) is 0 Å². The maximum absolute atomic E-state index is 11.1. The minimum Gasteiger partial charge on any atom is -0.478 e. The highest BCUT2D eigenvalue weighted by Crippen LogP contribution is 2.41. The average Bonchev–Trinajstić information content (AvgIpc) is 2.37. The van der Waals surface area contributed by atoms with Crippen molar-refractivity contribution in [2.45, 2.75) is 33.1 Å². The quantitative estimate of drug-likeness (QED) is 0.796. The van der Waals surface area contributed by atoms with E-state index in [0.717, 1.165) is 27.7 Å². The van der Waals surface area contributed by atoms with E-state index in [4.69, 9.17) is 5.11 Å². The number of hydrogen-bond donors (Lipinski definition) is 1. The Labute approximate surface area is 107 Å². The molecule has 4 heteroatoms. The van der Waals surface area contributed by atoms with Crippen molar-refractivity contribution in [3.05, 3.63) is 18.9 Å². The van der Waals surface area contributed by atoms with Crippen molar-refractivity contribution in [2.75, 3.05) is 0 Å². The van der Waals surface area contributed by atoms with Crippen LogP contribution in [0.3, 0.4) is 0 Å². The van der Waals surface area contributed by atoms with Gasteiger partial charge in [0.15, 0.2) is 0 Å². The van der Waals surface area contributed by atoms with Crippen LogP contribution in [-0.2, 0) is 12.8 Å². The standard InChI is InChI=1S/C11H13IO2S/c1-11(2)4-3-6-7(5-11)15-9(12)8(6)10(13)14/h3-5H2,1-2H3,(H,13,14). The maximum Gasteiger partial charge on any atom is 0.337 e. The Morgan fingerprint density at radius 2 is 2.20 bits per heavy atom. The van der Waals surface area contributed by atoms with Crippen LogP contribution in [0, 0.1) is 8.30 Å². The molecular formula is C11H13IO2S. The number of carboxylic acids is 1. The zero-order chi connectivity index (χ0) is 11.2. The molecule has 1 N–H and O–H groups in total. The summed E-state index contributed by atoms with van der Waals surface area (Å²) in [7, 11) is 0. The molecule has 0 amide bonds. The minimum absolute atomic E-state index is 0.330. The SMILES string of the molecule is CC1(C)CCc2c(sc(I)c2C(=O)O)C1. The van der Waals surface area contributed by atoms with Gasteiger partial charge in [0.05, 0.1) is 8.45 Å². The largest absolute Gasteiger partial charge is 0.478 e. The molecule has 0 aromatic carbocycles. The number of thiophene rings is 1. The van der Waals surface area contributed by atoms with Gasteiger partial charge in [-0.1, -0.05) is 13.8 Å². The highest BCUT2D eigenvalue weighted by atomic mass is 127. The molecule has 1 aromatic heterocycles. The third-order valence-electron chi connectivity index (χ3n) is 2.95. The maximum atomic E-state index is 11.1. The second-order valence-electron chi connectivity index (χ2n) is 4.80. The molecule has 0 saturated carbocycles. The van der Waals surface area contributed by atoms with E-state index in [9.17, 15) is 4.79 Å². The summed E-state index contributed by atoms with van der Waals surface area (Å²) < 4.78 is 0.933. The summed E-state index contributed by atoms with van der Waals surface area (Å²) >= 11 is 3.80. The predicted octanol–water partition coefficient (Wildman–Crippen LogP) is 3.57. The molecule has 1 heterocycles. The van der Waals surface area contributed by atoms with E-state index >= 15 is 0 Å². The molecule has 2 rings (SSSR count). The zero-order valence-electron chi connectivity index (χ0n) is 8.76. The summed E-state index contributed by atoms with van der Waals surface area (Å²) in [6, 6.07) is 0. The van der Waals surface area contributed by atoms with Crippen molar-refractivity contribution < 1.29 is 9.90 Å². The smallest absolute Gasteiger partial charge is 0.337 e. The second kappa shape index (κ2) is 3.73. The summed E-state index contributed by atoms with van der Waals surface area (Å²) in [5, 5.41) is 9.14. The Kier molecular flexibility index (Phi) is 2.83. The zero-order valence-corrected chi connectivity index (χ0v) is 11.7. The summed E-state index contributed by atoms with van der Waals surface area (Å²) in [6.07, 6.45) is 3.03. The van der Waals surface area contributed by atoms with Gasteiger partial charge in [-0.05, 0) is 52.8 Å². The van der Waals surface area contributed by atoms with Gasteiger partial charge < -0.3 is 5.11 Å². The van der Waals surface area contributed by atoms with Crippen molar-refractivity contribution in [3.8, 4) is 0 Å². The third-order valence-corrected chi connectivity index (χ3v) is 5.17. The summed E-state index contributed by atoms with van der Waals surface area (Å²) in [5.41, 5.74) is 1.98. The Morgan fingerprint density at radius 1 is 1.53 bits per heavy atom. The number of fused-ring (bicyclic) bond motifs is 1. The number of carboxylic acid groups (broad SMARTS) is 1. The fraction of sp³-hybridized carbons (Fsp3) is 0.545. The summed E-state index contributed by atoms with van der Waals surface area (Å²) in [6.45, 7) is 4.51. The molecule has 1 aliphatic rings. The molecule has 0 saturated heterocycles. The molecule has 1 aromatic rings. The number of rotatable bonds is 1. The normalized spacial score (nSPS) is 18.6. The van der Waals surface area contributed by atoms with E-state index in [1.54, 1.807) is 11.3 Å². The van der Waals surface area contributed by atoms with E-state index in [1.165, 1.54) is 4.88 Å². The van der Waals surface area contributed by atoms with Gasteiger partial charge in [0.25, 0.3) is 0 Å². The van der Waals surface area contributed by atoms with Gasteiger partial charge in [0, 0.05) is 4.88 Å². The molecule has 82 valence electrons. The molecule has 2 nitrogen and oxygen atoms in total. The van der Waals surface area contributed by atoms with E-state index < -0.39 is 5.97 Å². The predicted molar refractivity (Wildman–Crippen MR) is 69.8 cm³/mol. The topological polar surface area (TPSA) is 37.3 Å². The van der Waals surface area contributed by atoms with Crippen molar-refractivity contribution in [3.63, 3.8) is 0 Å². The van der Waals surface area contributed by atoms with Crippen LogP contribution in [0.5, 0.6) is 0 Å². The van der Waals surface area contributed by atoms with Crippen molar-refractivity contribution in [2.24, 2.45) is 5.41 Å². The molecule has 0 atom stereocenters. The van der Waals surface area contributed by atoms with Crippen LogP contribution in [0.1, 0.15) is 41.1 Å². The van der Waals surface area contributed by atoms with Crippen LogP contribution in [0.15, 0.2) is 0 Å². The van der Waals surface area contributed by atoms with Crippen LogP contribution in [0.2, 0.25) is 0 Å². The number of carbonyl (C=O) groups is 1. The second-order valence-corrected chi connectivity index (χ2v) is 7.71. The number of aromatic carboxylic acids is 1. The van der Waals surface area contributed by atoms with Gasteiger partial charge in [0.1, 0.15) is 0 Å². The minimum atomic E-state index is -0.767. The lowest BCUT2D eigenvalue weighted by Gasteiger charge is -2.29. The van der Waals surface area contributed by atoms with Crippen molar-refractivity contribution in [1.82, 2.24) is 0 Å². The molecule has 0 radical (unpaired) electrons. The molecule has 0 spiro atoms. The van der Waals surface area contributed by atoms with Crippen molar-refractivity contribution in [1.29, 1.82) is 0 Å². The Hall–Kier alpha value is -0.100. The Balaban J connectivity index is 2.48. The van der Waals surface area contributed by atoms with Gasteiger partial charge in [-0.3, -0.25) is 0 Å². The fourth-order valence-electron chi connectivity index (χ4n) is 2.09. The monoisotopic (exact) mass is 336 g/mol. The molecule has 0 fully saturated rings. The average molecular weight is 336 g/mol. The Bertz CT molecular complexity index is 420. The van der Waals surface area contributed by atoms with Gasteiger partial charge >= 0.3 is 5.97 Å². The molecule has 15 heavy (non-hydrogen) atoms. The lowest BCUT2D eigenvalue weighted by molar-refractivity contribution is 0.0694. The first-order valence-corrected chi connectivity index (χ1v) is 6.83. The number of halogens is 1. The van der Waals surface area contributed by atoms with Gasteiger partial charge in [-0.15, -0.1) is 11.3 Å². The first-order chi connectivity index (χ1) is 6.91.